The number of halogens is 3. The molecule has 0 aliphatic carbocycles. The summed E-state index contributed by atoms with van der Waals surface area (Å²) in [5.41, 5.74) is 1.05. The number of rotatable bonds is 7. The molecule has 7 nitrogen and oxygen atoms in total. The number of carbonyl (C=O) groups is 1. The lowest BCUT2D eigenvalue weighted by atomic mass is 9.72. The monoisotopic (exact) mass is 503 g/mol. The number of H-pyrrole nitrogens is 1. The van der Waals surface area contributed by atoms with Gasteiger partial charge in [-0.15, -0.1) is 0 Å². The number of pyridine rings is 1. The Hall–Kier alpha value is -3.04. The van der Waals surface area contributed by atoms with Crippen molar-refractivity contribution in [3.63, 3.8) is 0 Å². The fourth-order valence-corrected chi connectivity index (χ4v) is 4.92. The number of benzene rings is 1. The van der Waals surface area contributed by atoms with Gasteiger partial charge in [-0.1, -0.05) is 17.7 Å². The molecule has 0 amide bonds. The van der Waals surface area contributed by atoms with Crippen LogP contribution in [0.1, 0.15) is 42.3 Å². The quantitative estimate of drug-likeness (QED) is 0.400. The lowest BCUT2D eigenvalue weighted by Crippen LogP contribution is -2.50. The second-order valence-corrected chi connectivity index (χ2v) is 9.79. The lowest BCUT2D eigenvalue weighted by Gasteiger charge is -2.43. The Morgan fingerprint density at radius 3 is 2.71 bits per heavy atom. The average molecular weight is 504 g/mol. The van der Waals surface area contributed by atoms with Gasteiger partial charge in [-0.05, 0) is 63.9 Å². The highest BCUT2D eigenvalue weighted by Crippen LogP contribution is 2.40. The van der Waals surface area contributed by atoms with Crippen molar-refractivity contribution in [2.24, 2.45) is 5.41 Å². The fraction of sp³-hybridized carbons (Fsp3) is 0.400. The Labute approximate surface area is 207 Å². The van der Waals surface area contributed by atoms with Gasteiger partial charge in [-0.3, -0.25) is 14.8 Å². The molecule has 2 aromatic heterocycles. The number of hydrogen-bond donors (Lipinski definition) is 3. The number of anilines is 2. The Balaban J connectivity index is 1.53. The molecule has 3 N–H and O–H groups in total. The third-order valence-corrected chi connectivity index (χ3v) is 7.11. The molecule has 186 valence electrons. The Morgan fingerprint density at radius 2 is 2.06 bits per heavy atom. The van der Waals surface area contributed by atoms with Crippen LogP contribution >= 0.6 is 11.6 Å². The number of hydrogen-bond acceptors (Lipinski definition) is 5. The Morgan fingerprint density at radius 1 is 1.29 bits per heavy atom. The van der Waals surface area contributed by atoms with Crippen LogP contribution in [0.2, 0.25) is 5.02 Å². The summed E-state index contributed by atoms with van der Waals surface area (Å²) in [6.07, 6.45) is 0.512. The summed E-state index contributed by atoms with van der Waals surface area (Å²) in [6, 6.07) is 7.69. The molecule has 1 fully saturated rings. The molecule has 1 aliphatic rings. The van der Waals surface area contributed by atoms with E-state index in [1.165, 1.54) is 18.2 Å². The largest absolute Gasteiger partial charge is 0.481 e. The summed E-state index contributed by atoms with van der Waals surface area (Å²) in [5.74, 6) is -1.08. The zero-order chi connectivity index (χ0) is 25.3. The van der Waals surface area contributed by atoms with Gasteiger partial charge in [-0.2, -0.15) is 5.10 Å². The number of aromatic nitrogens is 3. The predicted molar refractivity (Wildman–Crippen MR) is 130 cm³/mol. The highest BCUT2D eigenvalue weighted by molar-refractivity contribution is 6.30. The molecule has 3 aromatic rings. The second kappa shape index (κ2) is 9.91. The highest BCUT2D eigenvalue weighted by Gasteiger charge is 2.45. The van der Waals surface area contributed by atoms with Crippen LogP contribution in [0.25, 0.3) is 0 Å². The van der Waals surface area contributed by atoms with E-state index in [9.17, 15) is 18.7 Å². The summed E-state index contributed by atoms with van der Waals surface area (Å²) in [5, 5.41) is 20.2. The summed E-state index contributed by atoms with van der Waals surface area (Å²) in [7, 11) is 0. The normalized spacial score (nSPS) is 20.7. The van der Waals surface area contributed by atoms with Crippen molar-refractivity contribution in [3.05, 3.63) is 69.5 Å². The fourth-order valence-electron chi connectivity index (χ4n) is 4.74. The van der Waals surface area contributed by atoms with Gasteiger partial charge in [-0.25, -0.2) is 13.8 Å². The zero-order valence-electron chi connectivity index (χ0n) is 19.8. The Bertz CT molecular complexity index is 1250. The van der Waals surface area contributed by atoms with E-state index in [2.05, 4.69) is 20.5 Å². The average Bonchev–Trinajstić information content (AvgIpc) is 3.22. The number of carboxylic acids is 1. The van der Waals surface area contributed by atoms with Crippen molar-refractivity contribution in [3.8, 4) is 0 Å². The number of nitrogens with zero attached hydrogens (tertiary/aromatic N) is 3. The summed E-state index contributed by atoms with van der Waals surface area (Å²) in [6.45, 7) is 6.34. The molecule has 3 heterocycles. The maximum Gasteiger partial charge on any atom is 0.310 e. The number of aryl methyl sites for hydroxylation is 2. The molecule has 35 heavy (non-hydrogen) atoms. The van der Waals surface area contributed by atoms with Crippen LogP contribution in [0.3, 0.4) is 0 Å². The van der Waals surface area contributed by atoms with Gasteiger partial charge < -0.3 is 10.4 Å². The van der Waals surface area contributed by atoms with E-state index in [1.807, 2.05) is 25.7 Å². The minimum atomic E-state index is -1.19. The molecule has 0 unspecified atom stereocenters. The summed E-state index contributed by atoms with van der Waals surface area (Å²) in [4.78, 5) is 18.9. The van der Waals surface area contributed by atoms with Crippen molar-refractivity contribution >= 4 is 29.2 Å². The van der Waals surface area contributed by atoms with Gasteiger partial charge in [0.1, 0.15) is 17.5 Å². The van der Waals surface area contributed by atoms with Crippen molar-refractivity contribution < 1.29 is 18.7 Å². The van der Waals surface area contributed by atoms with E-state index in [0.717, 1.165) is 11.3 Å². The van der Waals surface area contributed by atoms with Crippen LogP contribution in [0, 0.1) is 30.9 Å². The van der Waals surface area contributed by atoms with Gasteiger partial charge in [0.2, 0.25) is 0 Å². The first-order valence-electron chi connectivity index (χ1n) is 11.4. The summed E-state index contributed by atoms with van der Waals surface area (Å²) >= 11 is 5.97. The summed E-state index contributed by atoms with van der Waals surface area (Å²) < 4.78 is 29.4. The molecular formula is C25H28ClF2N5O2. The highest BCUT2D eigenvalue weighted by atomic mass is 35.5. The zero-order valence-corrected chi connectivity index (χ0v) is 20.6. The van der Waals surface area contributed by atoms with Crippen molar-refractivity contribution in [1.29, 1.82) is 0 Å². The third kappa shape index (κ3) is 5.31. The number of aromatic amines is 1. The second-order valence-electron chi connectivity index (χ2n) is 9.38. The van der Waals surface area contributed by atoms with Crippen molar-refractivity contribution in [2.75, 3.05) is 11.9 Å². The molecule has 1 saturated heterocycles. The van der Waals surface area contributed by atoms with Crippen LogP contribution in [0.15, 0.2) is 30.3 Å². The van der Waals surface area contributed by atoms with Gasteiger partial charge in [0, 0.05) is 36.3 Å². The van der Waals surface area contributed by atoms with E-state index in [-0.39, 0.29) is 36.0 Å². The van der Waals surface area contributed by atoms with Crippen LogP contribution in [-0.2, 0) is 17.8 Å². The molecular weight excluding hydrogens is 476 g/mol. The van der Waals surface area contributed by atoms with E-state index in [4.69, 9.17) is 11.6 Å². The maximum absolute atomic E-state index is 14.7. The molecule has 2 atom stereocenters. The number of carboxylic acid groups (broad SMARTS) is 1. The van der Waals surface area contributed by atoms with E-state index < -0.39 is 23.0 Å². The third-order valence-electron chi connectivity index (χ3n) is 6.82. The SMILES string of the molecule is Cc1cc(Nc2ccc(F)c(C[C@@]3(C(=O)O)CCN(Cc4c(C)ccc(Cl)c4F)[C@H](C)C3)n2)n[nH]1. The molecule has 4 rings (SSSR count). The molecule has 0 bridgehead atoms. The number of aliphatic carboxylic acids is 1. The molecule has 1 aromatic carbocycles. The van der Waals surface area contributed by atoms with Crippen molar-refractivity contribution in [1.82, 2.24) is 20.1 Å². The number of nitrogens with one attached hydrogen (secondary N) is 2. The van der Waals surface area contributed by atoms with Crippen LogP contribution in [0.5, 0.6) is 0 Å². The number of likely N-dealkylation sites (tertiary alicyclic amines) is 1. The first-order valence-corrected chi connectivity index (χ1v) is 11.8. The smallest absolute Gasteiger partial charge is 0.310 e. The van der Waals surface area contributed by atoms with Crippen molar-refractivity contribution in [2.45, 2.75) is 52.6 Å². The van der Waals surface area contributed by atoms with Gasteiger partial charge in [0.25, 0.3) is 0 Å². The van der Waals surface area contributed by atoms with E-state index >= 15 is 0 Å². The first kappa shape index (κ1) is 25.1. The van der Waals surface area contributed by atoms with Crippen LogP contribution in [0.4, 0.5) is 20.4 Å². The molecule has 0 radical (unpaired) electrons. The topological polar surface area (TPSA) is 94.1 Å². The van der Waals surface area contributed by atoms with Gasteiger partial charge in [0.15, 0.2) is 5.82 Å². The van der Waals surface area contributed by atoms with Crippen LogP contribution in [-0.4, -0.2) is 43.7 Å². The van der Waals surface area contributed by atoms with E-state index in [1.54, 1.807) is 12.1 Å². The van der Waals surface area contributed by atoms with Gasteiger partial charge in [0.05, 0.1) is 16.1 Å². The maximum atomic E-state index is 14.7. The Kier molecular flexibility index (Phi) is 7.10. The van der Waals surface area contributed by atoms with Gasteiger partial charge >= 0.3 is 5.97 Å². The predicted octanol–water partition coefficient (Wildman–Crippen LogP) is 5.39. The minimum Gasteiger partial charge on any atom is -0.481 e. The van der Waals surface area contributed by atoms with E-state index in [0.29, 0.717) is 30.3 Å². The standard InChI is InChI=1S/C25H28ClF2N5O2/c1-14-4-5-18(26)23(28)17(14)13-33-9-8-25(24(34)35,11-16(33)3)12-20-19(27)6-7-21(29-20)30-22-10-15(2)31-32-22/h4-7,10,16H,8-9,11-13H2,1-3H3,(H,34,35)(H2,29,30,31,32)/t16-,25-/m1/s1. The lowest BCUT2D eigenvalue weighted by molar-refractivity contribution is -0.153. The molecule has 0 spiro atoms. The first-order chi connectivity index (χ1) is 16.6. The minimum absolute atomic E-state index is 0.0496. The molecule has 10 heteroatoms. The molecule has 1 aliphatic heterocycles. The van der Waals surface area contributed by atoms with Crippen LogP contribution < -0.4 is 5.32 Å². The number of piperidine rings is 1. The molecule has 0 saturated carbocycles.